The number of benzene rings is 3. The van der Waals surface area contributed by atoms with E-state index in [0.717, 1.165) is 24.1 Å². The van der Waals surface area contributed by atoms with Crippen LogP contribution in [0.25, 0.3) is 23.0 Å². The van der Waals surface area contributed by atoms with Crippen molar-refractivity contribution in [1.29, 1.82) is 0 Å². The van der Waals surface area contributed by atoms with Gasteiger partial charge in [0.15, 0.2) is 17.5 Å². The molecule has 0 radical (unpaired) electrons. The highest BCUT2D eigenvalue weighted by molar-refractivity contribution is 5.84. The fourth-order valence-corrected chi connectivity index (χ4v) is 4.59. The van der Waals surface area contributed by atoms with Crippen molar-refractivity contribution >= 4 is 11.7 Å². The van der Waals surface area contributed by atoms with E-state index in [-0.39, 0.29) is 36.1 Å². The van der Waals surface area contributed by atoms with Crippen LogP contribution in [-0.2, 0) is 9.47 Å². The second-order valence-corrected chi connectivity index (χ2v) is 10.6. The van der Waals surface area contributed by atoms with Crippen LogP contribution in [0.2, 0.25) is 0 Å². The molecule has 1 aromatic heterocycles. The normalized spacial score (nSPS) is 16.9. The lowest BCUT2D eigenvalue weighted by Gasteiger charge is -2.27. The van der Waals surface area contributed by atoms with Crippen molar-refractivity contribution in [2.45, 2.75) is 39.4 Å². The minimum atomic E-state index is -1.67. The quantitative estimate of drug-likeness (QED) is 0.118. The molecule has 0 aliphatic carbocycles. The monoisotopic (exact) mass is 620 g/mol. The number of aromatic nitrogens is 2. The number of hydrogen-bond acceptors (Lipinski definition) is 5. The van der Waals surface area contributed by atoms with Gasteiger partial charge in [0.2, 0.25) is 6.29 Å². The van der Waals surface area contributed by atoms with Crippen LogP contribution >= 0.6 is 0 Å². The SMILES string of the molecule is CCCOc1cc(C)c(F)cc1C#CC1OCC(c2ccc(/C(F)=C(\F)c3c(F)cc(-c4ncc(C)cn4)cc3F)cc2)CO1. The highest BCUT2D eigenvalue weighted by Crippen LogP contribution is 2.34. The third-order valence-corrected chi connectivity index (χ3v) is 7.07. The Labute approximate surface area is 257 Å². The van der Waals surface area contributed by atoms with E-state index in [9.17, 15) is 13.2 Å². The second-order valence-electron chi connectivity index (χ2n) is 10.6. The predicted octanol–water partition coefficient (Wildman–Crippen LogP) is 8.24. The molecule has 1 fully saturated rings. The van der Waals surface area contributed by atoms with Gasteiger partial charge in [-0.1, -0.05) is 37.1 Å². The zero-order chi connectivity index (χ0) is 32.1. The van der Waals surface area contributed by atoms with Gasteiger partial charge in [0.1, 0.15) is 23.2 Å². The van der Waals surface area contributed by atoms with E-state index in [1.165, 1.54) is 30.6 Å². The average Bonchev–Trinajstić information content (AvgIpc) is 3.04. The first-order chi connectivity index (χ1) is 21.6. The second kappa shape index (κ2) is 14.0. The van der Waals surface area contributed by atoms with Gasteiger partial charge in [-0.2, -0.15) is 0 Å². The lowest BCUT2D eigenvalue weighted by Crippen LogP contribution is -2.29. The number of hydrogen-bond donors (Lipinski definition) is 0. The highest BCUT2D eigenvalue weighted by atomic mass is 19.2. The van der Waals surface area contributed by atoms with Crippen molar-refractivity contribution in [1.82, 2.24) is 9.97 Å². The molecular weight excluding hydrogens is 591 g/mol. The molecule has 4 aromatic rings. The molecule has 1 saturated heterocycles. The first kappa shape index (κ1) is 31.8. The fraction of sp³-hybridized carbons (Fsp3) is 0.257. The van der Waals surface area contributed by atoms with Crippen molar-refractivity contribution in [3.63, 3.8) is 0 Å². The third kappa shape index (κ3) is 7.39. The van der Waals surface area contributed by atoms with Crippen LogP contribution in [0, 0.1) is 43.1 Å². The van der Waals surface area contributed by atoms with Gasteiger partial charge >= 0.3 is 0 Å². The Hall–Kier alpha value is -4.59. The van der Waals surface area contributed by atoms with E-state index in [2.05, 4.69) is 21.8 Å². The molecule has 0 bridgehead atoms. The largest absolute Gasteiger partial charge is 0.492 e. The molecule has 0 unspecified atom stereocenters. The lowest BCUT2D eigenvalue weighted by molar-refractivity contribution is -0.153. The van der Waals surface area contributed by atoms with Crippen LogP contribution in [0.15, 0.2) is 60.9 Å². The Bertz CT molecular complexity index is 1750. The Kier molecular flexibility index (Phi) is 9.91. The van der Waals surface area contributed by atoms with Crippen molar-refractivity contribution in [2.24, 2.45) is 0 Å². The molecule has 10 heteroatoms. The summed E-state index contributed by atoms with van der Waals surface area (Å²) in [6, 6.07) is 10.4. The van der Waals surface area contributed by atoms with Crippen molar-refractivity contribution in [3.8, 4) is 29.0 Å². The molecule has 0 amide bonds. The molecule has 5 rings (SSSR count). The van der Waals surface area contributed by atoms with E-state index in [1.807, 2.05) is 6.92 Å². The van der Waals surface area contributed by atoms with Gasteiger partial charge in [0, 0.05) is 29.4 Å². The molecule has 0 N–H and O–H groups in total. The van der Waals surface area contributed by atoms with Gasteiger partial charge in [-0.15, -0.1) is 0 Å². The maximum absolute atomic E-state index is 15.1. The molecule has 0 atom stereocenters. The zero-order valence-corrected chi connectivity index (χ0v) is 24.8. The van der Waals surface area contributed by atoms with E-state index in [1.54, 1.807) is 32.0 Å². The summed E-state index contributed by atoms with van der Waals surface area (Å²) in [4.78, 5) is 8.02. The molecule has 232 valence electrons. The van der Waals surface area contributed by atoms with E-state index in [4.69, 9.17) is 14.2 Å². The molecule has 0 saturated carbocycles. The van der Waals surface area contributed by atoms with Gasteiger partial charge in [0.25, 0.3) is 0 Å². The Morgan fingerprint density at radius 3 is 2.16 bits per heavy atom. The zero-order valence-electron chi connectivity index (χ0n) is 24.8. The molecule has 2 heterocycles. The summed E-state index contributed by atoms with van der Waals surface area (Å²) in [5.74, 6) is -0.0502. The Balaban J connectivity index is 1.26. The maximum atomic E-state index is 15.1. The third-order valence-electron chi connectivity index (χ3n) is 7.07. The van der Waals surface area contributed by atoms with Crippen molar-refractivity contribution in [2.75, 3.05) is 19.8 Å². The topological polar surface area (TPSA) is 53.5 Å². The minimum absolute atomic E-state index is 0.00811. The van der Waals surface area contributed by atoms with Crippen LogP contribution < -0.4 is 4.74 Å². The van der Waals surface area contributed by atoms with E-state index in [0.29, 0.717) is 29.0 Å². The summed E-state index contributed by atoms with van der Waals surface area (Å²) in [6.07, 6.45) is 2.88. The summed E-state index contributed by atoms with van der Waals surface area (Å²) in [5.41, 5.74) is 0.973. The fourth-order valence-electron chi connectivity index (χ4n) is 4.59. The van der Waals surface area contributed by atoms with Crippen LogP contribution in [0.3, 0.4) is 0 Å². The molecule has 45 heavy (non-hydrogen) atoms. The summed E-state index contributed by atoms with van der Waals surface area (Å²) in [6.45, 7) is 6.28. The van der Waals surface area contributed by atoms with Crippen LogP contribution in [0.4, 0.5) is 22.0 Å². The van der Waals surface area contributed by atoms with Crippen LogP contribution in [0.1, 0.15) is 52.6 Å². The highest BCUT2D eigenvalue weighted by Gasteiger charge is 2.24. The standard InChI is InChI=1S/C35H29F5N2O3/c1-4-11-43-30-12-21(3)27(36)13-24(30)9-10-31-44-18-26(19-45-31)22-5-7-23(8-6-22)33(39)34(40)32-28(37)14-25(15-29(32)38)35-41-16-20(2)17-42-35/h5-8,12-17,26,31H,4,11,18-19H2,1-3H3/b34-33+. The molecular formula is C35H29F5N2O3. The number of halogens is 5. The van der Waals surface area contributed by atoms with Gasteiger partial charge in [0.05, 0.1) is 30.9 Å². The number of nitrogens with zero attached hydrogens (tertiary/aromatic N) is 2. The Morgan fingerprint density at radius 1 is 0.889 bits per heavy atom. The predicted molar refractivity (Wildman–Crippen MR) is 160 cm³/mol. The van der Waals surface area contributed by atoms with Gasteiger partial charge < -0.3 is 14.2 Å². The first-order valence-electron chi connectivity index (χ1n) is 14.3. The van der Waals surface area contributed by atoms with Crippen LogP contribution in [-0.4, -0.2) is 36.1 Å². The summed E-state index contributed by atoms with van der Waals surface area (Å²) in [7, 11) is 0. The van der Waals surface area contributed by atoms with Crippen LogP contribution in [0.5, 0.6) is 5.75 Å². The molecule has 0 spiro atoms. The molecule has 1 aliphatic heterocycles. The summed E-state index contributed by atoms with van der Waals surface area (Å²) < 4.78 is 91.0. The summed E-state index contributed by atoms with van der Waals surface area (Å²) >= 11 is 0. The maximum Gasteiger partial charge on any atom is 0.222 e. The molecule has 3 aromatic carbocycles. The van der Waals surface area contributed by atoms with Gasteiger partial charge in [-0.25, -0.2) is 31.9 Å². The average molecular weight is 621 g/mol. The van der Waals surface area contributed by atoms with Crippen molar-refractivity contribution in [3.05, 3.63) is 112 Å². The van der Waals surface area contributed by atoms with Crippen molar-refractivity contribution < 1.29 is 36.2 Å². The molecule has 1 aliphatic rings. The minimum Gasteiger partial charge on any atom is -0.492 e. The number of rotatable bonds is 7. The number of aryl methyl sites for hydroxylation is 2. The van der Waals surface area contributed by atoms with Gasteiger partial charge in [-0.05, 0) is 67.1 Å². The summed E-state index contributed by atoms with van der Waals surface area (Å²) in [5, 5.41) is 0. The lowest BCUT2D eigenvalue weighted by atomic mass is 9.98. The van der Waals surface area contributed by atoms with Gasteiger partial charge in [-0.3, -0.25) is 0 Å². The van der Waals surface area contributed by atoms with E-state index >= 15 is 8.78 Å². The Morgan fingerprint density at radius 2 is 1.53 bits per heavy atom. The molecule has 5 nitrogen and oxygen atoms in total. The first-order valence-corrected chi connectivity index (χ1v) is 14.3. The smallest absolute Gasteiger partial charge is 0.222 e. The van der Waals surface area contributed by atoms with E-state index < -0.39 is 41.0 Å². The number of ether oxygens (including phenoxy) is 3.